The number of phenols is 1. The Bertz CT molecular complexity index is 437. The zero-order valence-corrected chi connectivity index (χ0v) is 12.1. The van der Waals surface area contributed by atoms with Gasteiger partial charge in [0.1, 0.15) is 5.75 Å². The number of rotatable bonds is 4. The standard InChI is InChI=1S/C13H18Cl2N2O2/c14-10-7-9(13(19)8-11(10)15)12(18)1-4-17-5-2-16-3-6-17/h7-8,12,16,18-19H,1-6H2. The number of aromatic hydroxyl groups is 1. The first-order valence-electron chi connectivity index (χ1n) is 6.37. The monoisotopic (exact) mass is 304 g/mol. The molecule has 0 radical (unpaired) electrons. The average molecular weight is 305 g/mol. The van der Waals surface area contributed by atoms with Gasteiger partial charge in [0.05, 0.1) is 16.1 Å². The first-order chi connectivity index (χ1) is 9.08. The van der Waals surface area contributed by atoms with Gasteiger partial charge in [-0.3, -0.25) is 0 Å². The molecule has 106 valence electrons. The van der Waals surface area contributed by atoms with E-state index in [9.17, 15) is 10.2 Å². The molecule has 4 nitrogen and oxygen atoms in total. The molecule has 0 aliphatic carbocycles. The van der Waals surface area contributed by atoms with Crippen LogP contribution in [0.5, 0.6) is 5.75 Å². The molecule has 1 saturated heterocycles. The summed E-state index contributed by atoms with van der Waals surface area (Å²) in [6.07, 6.45) is -0.171. The van der Waals surface area contributed by atoms with Gasteiger partial charge in [0.15, 0.2) is 0 Å². The minimum absolute atomic E-state index is 0.0118. The maximum absolute atomic E-state index is 10.1. The quantitative estimate of drug-likeness (QED) is 0.797. The lowest BCUT2D eigenvalue weighted by Crippen LogP contribution is -2.44. The molecule has 0 amide bonds. The second-order valence-electron chi connectivity index (χ2n) is 4.72. The molecule has 0 aromatic heterocycles. The van der Waals surface area contributed by atoms with E-state index in [-0.39, 0.29) is 10.8 Å². The number of aliphatic hydroxyl groups excluding tert-OH is 1. The van der Waals surface area contributed by atoms with Gasteiger partial charge in [-0.15, -0.1) is 0 Å². The van der Waals surface area contributed by atoms with E-state index in [2.05, 4.69) is 10.2 Å². The number of piperazine rings is 1. The molecule has 1 aliphatic heterocycles. The second kappa shape index (κ2) is 6.77. The first-order valence-corrected chi connectivity index (χ1v) is 7.12. The molecular formula is C13H18Cl2N2O2. The normalized spacial score (nSPS) is 18.5. The Kier molecular flexibility index (Phi) is 5.30. The lowest BCUT2D eigenvalue weighted by atomic mass is 10.0. The fraction of sp³-hybridized carbons (Fsp3) is 0.538. The van der Waals surface area contributed by atoms with Crippen molar-refractivity contribution in [2.24, 2.45) is 0 Å². The minimum Gasteiger partial charge on any atom is -0.508 e. The van der Waals surface area contributed by atoms with Crippen molar-refractivity contribution in [1.29, 1.82) is 0 Å². The van der Waals surface area contributed by atoms with Crippen LogP contribution in [0.3, 0.4) is 0 Å². The van der Waals surface area contributed by atoms with Crippen LogP contribution in [0.4, 0.5) is 0 Å². The van der Waals surface area contributed by atoms with Crippen molar-refractivity contribution in [2.75, 3.05) is 32.7 Å². The molecule has 6 heteroatoms. The summed E-state index contributed by atoms with van der Waals surface area (Å²) in [4.78, 5) is 2.29. The van der Waals surface area contributed by atoms with Gasteiger partial charge in [-0.25, -0.2) is 0 Å². The number of hydrogen-bond donors (Lipinski definition) is 3. The SMILES string of the molecule is Oc1cc(Cl)c(Cl)cc1C(O)CCN1CCNCC1. The Balaban J connectivity index is 1.95. The molecule has 1 fully saturated rings. The molecule has 1 atom stereocenters. The van der Waals surface area contributed by atoms with E-state index in [0.717, 1.165) is 32.7 Å². The van der Waals surface area contributed by atoms with Gasteiger partial charge in [-0.1, -0.05) is 23.2 Å². The third-order valence-electron chi connectivity index (χ3n) is 3.36. The zero-order valence-electron chi connectivity index (χ0n) is 10.6. The molecule has 1 aromatic rings. The predicted octanol–water partition coefficient (Wildman–Crippen LogP) is 2.03. The largest absolute Gasteiger partial charge is 0.508 e. The maximum atomic E-state index is 10.1. The van der Waals surface area contributed by atoms with E-state index in [4.69, 9.17) is 23.2 Å². The molecule has 19 heavy (non-hydrogen) atoms. The molecule has 0 spiro atoms. The first kappa shape index (κ1) is 14.9. The Morgan fingerprint density at radius 1 is 1.21 bits per heavy atom. The zero-order chi connectivity index (χ0) is 13.8. The fourth-order valence-electron chi connectivity index (χ4n) is 2.21. The number of aliphatic hydroxyl groups is 1. The van der Waals surface area contributed by atoms with Gasteiger partial charge in [0.2, 0.25) is 0 Å². The Hall–Kier alpha value is -0.520. The van der Waals surface area contributed by atoms with E-state index < -0.39 is 6.10 Å². The number of hydrogen-bond acceptors (Lipinski definition) is 4. The van der Waals surface area contributed by atoms with Crippen molar-refractivity contribution < 1.29 is 10.2 Å². The minimum atomic E-state index is -0.732. The molecule has 1 unspecified atom stereocenters. The molecule has 0 bridgehead atoms. The summed E-state index contributed by atoms with van der Waals surface area (Å²) in [5.41, 5.74) is 0.435. The lowest BCUT2D eigenvalue weighted by molar-refractivity contribution is 0.134. The van der Waals surface area contributed by atoms with Crippen molar-refractivity contribution in [1.82, 2.24) is 10.2 Å². The molecule has 0 saturated carbocycles. The van der Waals surface area contributed by atoms with E-state index in [0.29, 0.717) is 17.0 Å². The van der Waals surface area contributed by atoms with Crippen molar-refractivity contribution in [3.63, 3.8) is 0 Å². The van der Waals surface area contributed by atoms with Crippen molar-refractivity contribution >= 4 is 23.2 Å². The topological polar surface area (TPSA) is 55.7 Å². The van der Waals surface area contributed by atoms with Crippen molar-refractivity contribution in [3.8, 4) is 5.75 Å². The summed E-state index contributed by atoms with van der Waals surface area (Å²) >= 11 is 11.7. The summed E-state index contributed by atoms with van der Waals surface area (Å²) in [6.45, 7) is 4.73. The molecule has 1 heterocycles. The highest BCUT2D eigenvalue weighted by Crippen LogP contribution is 2.34. The molecule has 3 N–H and O–H groups in total. The third kappa shape index (κ3) is 3.97. The number of halogens is 2. The summed E-state index contributed by atoms with van der Waals surface area (Å²) in [6, 6.07) is 2.90. The highest BCUT2D eigenvalue weighted by molar-refractivity contribution is 6.42. The predicted molar refractivity (Wildman–Crippen MR) is 77.0 cm³/mol. The van der Waals surface area contributed by atoms with Gasteiger partial charge in [-0.05, 0) is 12.5 Å². The van der Waals surface area contributed by atoms with Crippen molar-refractivity contribution in [2.45, 2.75) is 12.5 Å². The van der Waals surface area contributed by atoms with Crippen LogP contribution in [0.15, 0.2) is 12.1 Å². The van der Waals surface area contributed by atoms with Gasteiger partial charge >= 0.3 is 0 Å². The second-order valence-corrected chi connectivity index (χ2v) is 5.54. The highest BCUT2D eigenvalue weighted by Gasteiger charge is 2.17. The van der Waals surface area contributed by atoms with Crippen LogP contribution in [-0.2, 0) is 0 Å². The van der Waals surface area contributed by atoms with Gasteiger partial charge in [0.25, 0.3) is 0 Å². The number of nitrogens with zero attached hydrogens (tertiary/aromatic N) is 1. The summed E-state index contributed by atoms with van der Waals surface area (Å²) < 4.78 is 0. The summed E-state index contributed by atoms with van der Waals surface area (Å²) in [5, 5.41) is 23.9. The van der Waals surface area contributed by atoms with Crippen LogP contribution in [0.1, 0.15) is 18.1 Å². The molecule has 1 aliphatic rings. The van der Waals surface area contributed by atoms with Crippen LogP contribution >= 0.6 is 23.2 Å². The van der Waals surface area contributed by atoms with Crippen LogP contribution in [-0.4, -0.2) is 47.8 Å². The molecular weight excluding hydrogens is 287 g/mol. The Morgan fingerprint density at radius 3 is 2.53 bits per heavy atom. The number of nitrogens with one attached hydrogen (secondary N) is 1. The van der Waals surface area contributed by atoms with E-state index >= 15 is 0 Å². The molecule has 2 rings (SSSR count). The van der Waals surface area contributed by atoms with Gasteiger partial charge in [0, 0.05) is 44.4 Å². The Morgan fingerprint density at radius 2 is 1.84 bits per heavy atom. The van der Waals surface area contributed by atoms with Gasteiger partial charge < -0.3 is 20.4 Å². The van der Waals surface area contributed by atoms with Crippen LogP contribution in [0.2, 0.25) is 10.0 Å². The van der Waals surface area contributed by atoms with E-state index in [1.807, 2.05) is 0 Å². The van der Waals surface area contributed by atoms with E-state index in [1.165, 1.54) is 12.1 Å². The summed E-state index contributed by atoms with van der Waals surface area (Å²) in [5.74, 6) is -0.0118. The fourth-order valence-corrected chi connectivity index (χ4v) is 2.54. The maximum Gasteiger partial charge on any atom is 0.122 e. The van der Waals surface area contributed by atoms with E-state index in [1.54, 1.807) is 0 Å². The van der Waals surface area contributed by atoms with Gasteiger partial charge in [-0.2, -0.15) is 0 Å². The smallest absolute Gasteiger partial charge is 0.122 e. The van der Waals surface area contributed by atoms with Crippen LogP contribution < -0.4 is 5.32 Å². The summed E-state index contributed by atoms with van der Waals surface area (Å²) in [7, 11) is 0. The molecule has 1 aromatic carbocycles. The van der Waals surface area contributed by atoms with Crippen LogP contribution in [0, 0.1) is 0 Å². The number of phenolic OH excluding ortho intramolecular Hbond substituents is 1. The lowest BCUT2D eigenvalue weighted by Gasteiger charge is -2.28. The average Bonchev–Trinajstić information content (AvgIpc) is 2.41. The van der Waals surface area contributed by atoms with Crippen LogP contribution in [0.25, 0.3) is 0 Å². The third-order valence-corrected chi connectivity index (χ3v) is 4.08. The number of benzene rings is 1. The van der Waals surface area contributed by atoms with Crippen molar-refractivity contribution in [3.05, 3.63) is 27.7 Å². The highest BCUT2D eigenvalue weighted by atomic mass is 35.5. The Labute approximate surface area is 122 Å².